The van der Waals surface area contributed by atoms with E-state index in [4.69, 9.17) is 11.6 Å². The first-order chi connectivity index (χ1) is 10.8. The summed E-state index contributed by atoms with van der Waals surface area (Å²) in [6.07, 6.45) is 1.19. The molecule has 0 aromatic heterocycles. The molecule has 0 aliphatic carbocycles. The van der Waals surface area contributed by atoms with E-state index in [9.17, 15) is 23.1 Å². The number of hydrogen-bond acceptors (Lipinski definition) is 4. The van der Waals surface area contributed by atoms with Gasteiger partial charge in [-0.15, -0.1) is 11.6 Å². The van der Waals surface area contributed by atoms with Crippen LogP contribution in [0.2, 0.25) is 0 Å². The van der Waals surface area contributed by atoms with Crippen molar-refractivity contribution in [3.05, 3.63) is 23.8 Å². The molecule has 0 atom stereocenters. The van der Waals surface area contributed by atoms with Crippen LogP contribution in [0.5, 0.6) is 0 Å². The number of hydrogen-bond donors (Lipinski definition) is 2. The quantitative estimate of drug-likeness (QED) is 0.754. The Morgan fingerprint density at radius 3 is 2.61 bits per heavy atom. The molecule has 1 aliphatic rings. The van der Waals surface area contributed by atoms with Gasteiger partial charge in [0.25, 0.3) is 0 Å². The number of carbonyl (C=O) groups excluding carboxylic acids is 1. The molecule has 1 heterocycles. The van der Waals surface area contributed by atoms with Gasteiger partial charge in [0.05, 0.1) is 17.0 Å². The molecule has 23 heavy (non-hydrogen) atoms. The summed E-state index contributed by atoms with van der Waals surface area (Å²) in [4.78, 5) is 23.0. The molecular formula is C14H17ClN2O5S. The fraction of sp³-hybridized carbons (Fsp3) is 0.429. The molecule has 1 saturated heterocycles. The van der Waals surface area contributed by atoms with E-state index in [0.29, 0.717) is 25.3 Å². The van der Waals surface area contributed by atoms with Crippen LogP contribution in [0.4, 0.5) is 11.4 Å². The van der Waals surface area contributed by atoms with Crippen molar-refractivity contribution >= 4 is 44.9 Å². The SMILES string of the molecule is O=C(CCCCl)Nc1cc(C(=O)O)cc(N2CCCS2(=O)=O)c1. The summed E-state index contributed by atoms with van der Waals surface area (Å²) in [5.41, 5.74) is 0.411. The molecule has 0 radical (unpaired) electrons. The van der Waals surface area contributed by atoms with Gasteiger partial charge in [0, 0.05) is 24.5 Å². The van der Waals surface area contributed by atoms with E-state index < -0.39 is 16.0 Å². The van der Waals surface area contributed by atoms with Gasteiger partial charge >= 0.3 is 5.97 Å². The lowest BCUT2D eigenvalue weighted by Crippen LogP contribution is -2.25. The van der Waals surface area contributed by atoms with Gasteiger partial charge in [-0.3, -0.25) is 9.10 Å². The normalized spacial score (nSPS) is 16.3. The summed E-state index contributed by atoms with van der Waals surface area (Å²) < 4.78 is 25.2. The predicted octanol–water partition coefficient (Wildman–Crippen LogP) is 1.88. The first-order valence-electron chi connectivity index (χ1n) is 7.08. The van der Waals surface area contributed by atoms with Gasteiger partial charge in [-0.1, -0.05) is 0 Å². The topological polar surface area (TPSA) is 104 Å². The zero-order valence-electron chi connectivity index (χ0n) is 12.3. The predicted molar refractivity (Wildman–Crippen MR) is 87.7 cm³/mol. The first kappa shape index (κ1) is 17.6. The molecule has 126 valence electrons. The zero-order chi connectivity index (χ0) is 17.0. The third kappa shape index (κ3) is 4.35. The highest BCUT2D eigenvalue weighted by atomic mass is 35.5. The van der Waals surface area contributed by atoms with E-state index in [1.54, 1.807) is 0 Å². The van der Waals surface area contributed by atoms with E-state index in [1.807, 2.05) is 0 Å². The van der Waals surface area contributed by atoms with Crippen LogP contribution >= 0.6 is 11.6 Å². The Hall–Kier alpha value is -1.80. The molecule has 1 aliphatic heterocycles. The number of carboxylic acids is 1. The lowest BCUT2D eigenvalue weighted by atomic mass is 10.1. The summed E-state index contributed by atoms with van der Waals surface area (Å²) in [6, 6.07) is 4.06. The fourth-order valence-electron chi connectivity index (χ4n) is 2.33. The maximum atomic E-state index is 12.0. The maximum absolute atomic E-state index is 12.0. The summed E-state index contributed by atoms with van der Waals surface area (Å²) in [6.45, 7) is 0.297. The number of carboxylic acid groups (broad SMARTS) is 1. The molecule has 1 fully saturated rings. The van der Waals surface area contributed by atoms with Crippen molar-refractivity contribution in [2.24, 2.45) is 0 Å². The molecule has 1 amide bonds. The minimum atomic E-state index is -3.43. The van der Waals surface area contributed by atoms with Crippen molar-refractivity contribution < 1.29 is 23.1 Å². The van der Waals surface area contributed by atoms with E-state index in [-0.39, 0.29) is 35.0 Å². The van der Waals surface area contributed by atoms with Crippen LogP contribution in [0, 0.1) is 0 Å². The molecular weight excluding hydrogens is 344 g/mol. The highest BCUT2D eigenvalue weighted by Crippen LogP contribution is 2.28. The van der Waals surface area contributed by atoms with Crippen molar-refractivity contribution in [2.45, 2.75) is 19.3 Å². The molecule has 2 rings (SSSR count). The number of carbonyl (C=O) groups is 2. The molecule has 0 saturated carbocycles. The number of benzene rings is 1. The first-order valence-corrected chi connectivity index (χ1v) is 9.22. The second-order valence-electron chi connectivity index (χ2n) is 5.16. The summed E-state index contributed by atoms with van der Waals surface area (Å²) in [5.74, 6) is -1.12. The molecule has 7 nitrogen and oxygen atoms in total. The zero-order valence-corrected chi connectivity index (χ0v) is 13.9. The van der Waals surface area contributed by atoms with Crippen LogP contribution in [-0.2, 0) is 14.8 Å². The van der Waals surface area contributed by atoms with Gasteiger partial charge in [0.15, 0.2) is 0 Å². The molecule has 0 unspecified atom stereocenters. The Morgan fingerprint density at radius 2 is 2.04 bits per heavy atom. The van der Waals surface area contributed by atoms with Crippen molar-refractivity contribution in [1.82, 2.24) is 0 Å². The molecule has 9 heteroatoms. The Bertz CT molecular complexity index is 720. The van der Waals surface area contributed by atoms with Crippen LogP contribution in [0.15, 0.2) is 18.2 Å². The number of nitrogens with zero attached hydrogens (tertiary/aromatic N) is 1. The molecule has 2 N–H and O–H groups in total. The van der Waals surface area contributed by atoms with Crippen molar-refractivity contribution in [3.63, 3.8) is 0 Å². The monoisotopic (exact) mass is 360 g/mol. The number of amides is 1. The molecule has 1 aromatic carbocycles. The molecule has 1 aromatic rings. The third-order valence-corrected chi connectivity index (χ3v) is 5.51. The molecule has 0 spiro atoms. The van der Waals surface area contributed by atoms with Crippen LogP contribution in [-0.4, -0.2) is 43.6 Å². The summed E-state index contributed by atoms with van der Waals surface area (Å²) >= 11 is 5.53. The van der Waals surface area contributed by atoms with Crippen LogP contribution < -0.4 is 9.62 Å². The van der Waals surface area contributed by atoms with Gasteiger partial charge in [-0.05, 0) is 31.0 Å². The number of halogens is 1. The highest BCUT2D eigenvalue weighted by Gasteiger charge is 2.29. The number of rotatable bonds is 6. The van der Waals surface area contributed by atoms with Crippen molar-refractivity contribution in [1.29, 1.82) is 0 Å². The third-order valence-electron chi connectivity index (χ3n) is 3.37. The Balaban J connectivity index is 2.32. The summed E-state index contributed by atoms with van der Waals surface area (Å²) in [7, 11) is -3.43. The lowest BCUT2D eigenvalue weighted by molar-refractivity contribution is -0.116. The average molecular weight is 361 g/mol. The minimum Gasteiger partial charge on any atom is -0.478 e. The lowest BCUT2D eigenvalue weighted by Gasteiger charge is -2.18. The average Bonchev–Trinajstić information content (AvgIpc) is 2.84. The Morgan fingerprint density at radius 1 is 1.30 bits per heavy atom. The second kappa shape index (κ2) is 7.18. The van der Waals surface area contributed by atoms with E-state index in [2.05, 4.69) is 5.32 Å². The van der Waals surface area contributed by atoms with E-state index >= 15 is 0 Å². The largest absolute Gasteiger partial charge is 0.478 e. The Kier molecular flexibility index (Phi) is 5.48. The van der Waals surface area contributed by atoms with Crippen molar-refractivity contribution in [2.75, 3.05) is 27.8 Å². The van der Waals surface area contributed by atoms with Crippen LogP contribution in [0.25, 0.3) is 0 Å². The highest BCUT2D eigenvalue weighted by molar-refractivity contribution is 7.93. The smallest absolute Gasteiger partial charge is 0.335 e. The van der Waals surface area contributed by atoms with Crippen LogP contribution in [0.3, 0.4) is 0 Å². The number of aromatic carboxylic acids is 1. The minimum absolute atomic E-state index is 0.0295. The molecule has 0 bridgehead atoms. The maximum Gasteiger partial charge on any atom is 0.335 e. The number of alkyl halides is 1. The van der Waals surface area contributed by atoms with Gasteiger partial charge in [-0.2, -0.15) is 0 Å². The van der Waals surface area contributed by atoms with Gasteiger partial charge in [0.1, 0.15) is 0 Å². The summed E-state index contributed by atoms with van der Waals surface area (Å²) in [5, 5.41) is 11.8. The van der Waals surface area contributed by atoms with Gasteiger partial charge in [-0.25, -0.2) is 13.2 Å². The second-order valence-corrected chi connectivity index (χ2v) is 7.55. The van der Waals surface area contributed by atoms with Crippen LogP contribution in [0.1, 0.15) is 29.6 Å². The number of anilines is 2. The van der Waals surface area contributed by atoms with E-state index in [1.165, 1.54) is 22.5 Å². The Labute approximate surface area is 139 Å². The standard InChI is InChI=1S/C14H17ClN2O5S/c15-4-1-3-13(18)16-11-7-10(14(19)20)8-12(9-11)17-5-2-6-23(17,21)22/h7-9H,1-6H2,(H,16,18)(H,19,20). The number of nitrogens with one attached hydrogen (secondary N) is 1. The van der Waals surface area contributed by atoms with Gasteiger partial charge in [0.2, 0.25) is 15.9 Å². The number of sulfonamides is 1. The fourth-order valence-corrected chi connectivity index (χ4v) is 4.01. The van der Waals surface area contributed by atoms with Gasteiger partial charge < -0.3 is 10.4 Å². The van der Waals surface area contributed by atoms with Crippen molar-refractivity contribution in [3.8, 4) is 0 Å². The van der Waals surface area contributed by atoms with E-state index in [0.717, 1.165) is 0 Å².